The molecule has 2 rings (SSSR count). The van der Waals surface area contributed by atoms with Crippen molar-refractivity contribution in [1.29, 1.82) is 0 Å². The van der Waals surface area contributed by atoms with Gasteiger partial charge in [0.25, 0.3) is 0 Å². The van der Waals surface area contributed by atoms with Crippen LogP contribution in [0, 0.1) is 0 Å². The number of H-pyrrole nitrogens is 1. The van der Waals surface area contributed by atoms with Crippen molar-refractivity contribution in [2.45, 2.75) is 0 Å². The van der Waals surface area contributed by atoms with Crippen LogP contribution in [0.3, 0.4) is 0 Å². The maximum Gasteiger partial charge on any atom is 0.337 e. The van der Waals surface area contributed by atoms with E-state index in [1.165, 1.54) is 7.11 Å². The molecule has 5 heteroatoms. The SMILES string of the molecule is COC(=O)c1ccc(-c2cn[nH]c2)cc1.Cl. The van der Waals surface area contributed by atoms with Crippen LogP contribution in [-0.2, 0) is 4.74 Å². The number of esters is 1. The first-order valence-electron chi connectivity index (χ1n) is 4.49. The Morgan fingerprint density at radius 2 is 1.94 bits per heavy atom. The van der Waals surface area contributed by atoms with E-state index >= 15 is 0 Å². The second kappa shape index (κ2) is 5.32. The summed E-state index contributed by atoms with van der Waals surface area (Å²) in [5, 5.41) is 6.59. The Labute approximate surface area is 99.0 Å². The lowest BCUT2D eigenvalue weighted by atomic mass is 10.1. The van der Waals surface area contributed by atoms with Gasteiger partial charge in [0, 0.05) is 11.8 Å². The standard InChI is InChI=1S/C11H10N2O2.ClH/c1-15-11(14)9-4-2-8(3-5-9)10-6-12-13-7-10;/h2-7H,1H3,(H,12,13);1H. The molecule has 0 amide bonds. The lowest BCUT2D eigenvalue weighted by molar-refractivity contribution is 0.0601. The van der Waals surface area contributed by atoms with E-state index in [1.54, 1.807) is 24.5 Å². The van der Waals surface area contributed by atoms with Crippen LogP contribution in [0.5, 0.6) is 0 Å². The van der Waals surface area contributed by atoms with Crippen molar-refractivity contribution in [2.75, 3.05) is 7.11 Å². The highest BCUT2D eigenvalue weighted by Gasteiger charge is 2.05. The predicted octanol–water partition coefficient (Wildman–Crippen LogP) is 2.29. The summed E-state index contributed by atoms with van der Waals surface area (Å²) in [6.45, 7) is 0. The summed E-state index contributed by atoms with van der Waals surface area (Å²) < 4.78 is 4.61. The van der Waals surface area contributed by atoms with Gasteiger partial charge in [-0.1, -0.05) is 12.1 Å². The second-order valence-corrected chi connectivity index (χ2v) is 3.06. The van der Waals surface area contributed by atoms with Crippen molar-refractivity contribution in [3.8, 4) is 11.1 Å². The van der Waals surface area contributed by atoms with E-state index in [9.17, 15) is 4.79 Å². The number of rotatable bonds is 2. The first kappa shape index (κ1) is 12.3. The number of carbonyl (C=O) groups excluding carboxylic acids is 1. The van der Waals surface area contributed by atoms with Crippen molar-refractivity contribution >= 4 is 18.4 Å². The van der Waals surface area contributed by atoms with Crippen molar-refractivity contribution in [2.24, 2.45) is 0 Å². The molecule has 0 spiro atoms. The lowest BCUT2D eigenvalue weighted by Crippen LogP contribution is -2.00. The number of hydrogen-bond donors (Lipinski definition) is 1. The van der Waals surface area contributed by atoms with Gasteiger partial charge in [-0.2, -0.15) is 5.10 Å². The molecule has 0 aliphatic heterocycles. The van der Waals surface area contributed by atoms with Gasteiger partial charge < -0.3 is 4.74 Å². The number of hydrogen-bond acceptors (Lipinski definition) is 3. The van der Waals surface area contributed by atoms with Gasteiger partial charge in [0.1, 0.15) is 0 Å². The molecule has 0 bridgehead atoms. The number of ether oxygens (including phenoxy) is 1. The molecule has 1 heterocycles. The third kappa shape index (κ3) is 2.41. The minimum atomic E-state index is -0.325. The highest BCUT2D eigenvalue weighted by Crippen LogP contribution is 2.18. The molecule has 0 saturated carbocycles. The van der Waals surface area contributed by atoms with Crippen LogP contribution in [-0.4, -0.2) is 23.3 Å². The van der Waals surface area contributed by atoms with Gasteiger partial charge in [-0.05, 0) is 17.7 Å². The molecule has 1 aromatic carbocycles. The molecule has 0 saturated heterocycles. The third-order valence-electron chi connectivity index (χ3n) is 2.14. The second-order valence-electron chi connectivity index (χ2n) is 3.06. The van der Waals surface area contributed by atoms with Gasteiger partial charge in [0.05, 0.1) is 18.9 Å². The number of carbonyl (C=O) groups is 1. The van der Waals surface area contributed by atoms with E-state index in [1.807, 2.05) is 12.1 Å². The van der Waals surface area contributed by atoms with Gasteiger partial charge in [-0.15, -0.1) is 12.4 Å². The summed E-state index contributed by atoms with van der Waals surface area (Å²) in [5.41, 5.74) is 2.55. The van der Waals surface area contributed by atoms with E-state index in [0.717, 1.165) is 11.1 Å². The molecule has 16 heavy (non-hydrogen) atoms. The monoisotopic (exact) mass is 238 g/mol. The van der Waals surface area contributed by atoms with E-state index in [0.29, 0.717) is 5.56 Å². The average Bonchev–Trinajstić information content (AvgIpc) is 2.82. The van der Waals surface area contributed by atoms with Gasteiger partial charge in [-0.3, -0.25) is 5.10 Å². The fourth-order valence-corrected chi connectivity index (χ4v) is 1.33. The smallest absolute Gasteiger partial charge is 0.337 e. The summed E-state index contributed by atoms with van der Waals surface area (Å²) in [6, 6.07) is 7.18. The van der Waals surface area contributed by atoms with Crippen LogP contribution in [0.1, 0.15) is 10.4 Å². The van der Waals surface area contributed by atoms with Gasteiger partial charge in [-0.25, -0.2) is 4.79 Å². The normalized spacial score (nSPS) is 9.31. The average molecular weight is 239 g/mol. The number of nitrogens with zero attached hydrogens (tertiary/aromatic N) is 1. The molecule has 1 aromatic heterocycles. The number of aromatic amines is 1. The molecule has 0 aliphatic carbocycles. The molecule has 0 aliphatic rings. The molecule has 2 aromatic rings. The summed E-state index contributed by atoms with van der Waals surface area (Å²) in [6.07, 6.45) is 3.53. The predicted molar refractivity (Wildman–Crippen MR) is 62.6 cm³/mol. The van der Waals surface area contributed by atoms with Gasteiger partial charge in [0.15, 0.2) is 0 Å². The van der Waals surface area contributed by atoms with E-state index < -0.39 is 0 Å². The molecule has 0 radical (unpaired) electrons. The minimum Gasteiger partial charge on any atom is -0.465 e. The highest BCUT2D eigenvalue weighted by atomic mass is 35.5. The molecule has 0 fully saturated rings. The minimum absolute atomic E-state index is 0. The van der Waals surface area contributed by atoms with E-state index in [2.05, 4.69) is 14.9 Å². The number of methoxy groups -OCH3 is 1. The zero-order valence-corrected chi connectivity index (χ0v) is 9.45. The summed E-state index contributed by atoms with van der Waals surface area (Å²) in [7, 11) is 1.37. The maximum atomic E-state index is 11.2. The van der Waals surface area contributed by atoms with Crippen LogP contribution in [0.4, 0.5) is 0 Å². The number of nitrogens with one attached hydrogen (secondary N) is 1. The van der Waals surface area contributed by atoms with Crippen molar-refractivity contribution in [1.82, 2.24) is 10.2 Å². The van der Waals surface area contributed by atoms with E-state index in [-0.39, 0.29) is 18.4 Å². The number of benzene rings is 1. The van der Waals surface area contributed by atoms with Crippen molar-refractivity contribution < 1.29 is 9.53 Å². The Morgan fingerprint density at radius 1 is 1.25 bits per heavy atom. The molecular formula is C11H11ClN2O2. The Kier molecular flexibility index (Phi) is 4.08. The Balaban J connectivity index is 0.00000128. The fourth-order valence-electron chi connectivity index (χ4n) is 1.33. The molecular weight excluding hydrogens is 228 g/mol. The zero-order chi connectivity index (χ0) is 10.7. The molecule has 0 unspecified atom stereocenters. The highest BCUT2D eigenvalue weighted by molar-refractivity contribution is 5.89. The summed E-state index contributed by atoms with van der Waals surface area (Å²) in [4.78, 5) is 11.2. The topological polar surface area (TPSA) is 55.0 Å². The Morgan fingerprint density at radius 3 is 2.44 bits per heavy atom. The first-order valence-corrected chi connectivity index (χ1v) is 4.49. The van der Waals surface area contributed by atoms with Gasteiger partial charge >= 0.3 is 5.97 Å². The lowest BCUT2D eigenvalue weighted by Gasteiger charge is -2.00. The molecule has 1 N–H and O–H groups in total. The molecule has 4 nitrogen and oxygen atoms in total. The zero-order valence-electron chi connectivity index (χ0n) is 8.64. The molecule has 0 atom stereocenters. The Bertz CT molecular complexity index is 451. The van der Waals surface area contributed by atoms with Crippen molar-refractivity contribution in [3.63, 3.8) is 0 Å². The van der Waals surface area contributed by atoms with Crippen LogP contribution < -0.4 is 0 Å². The quantitative estimate of drug-likeness (QED) is 0.817. The van der Waals surface area contributed by atoms with Crippen molar-refractivity contribution in [3.05, 3.63) is 42.2 Å². The maximum absolute atomic E-state index is 11.2. The summed E-state index contributed by atoms with van der Waals surface area (Å²) >= 11 is 0. The fraction of sp³-hybridized carbons (Fsp3) is 0.0909. The van der Waals surface area contributed by atoms with Crippen LogP contribution in [0.25, 0.3) is 11.1 Å². The summed E-state index contributed by atoms with van der Waals surface area (Å²) in [5.74, 6) is -0.325. The third-order valence-corrected chi connectivity index (χ3v) is 2.14. The largest absolute Gasteiger partial charge is 0.465 e. The first-order chi connectivity index (χ1) is 7.31. The van der Waals surface area contributed by atoms with E-state index in [4.69, 9.17) is 0 Å². The van der Waals surface area contributed by atoms with Crippen LogP contribution in [0.2, 0.25) is 0 Å². The molecule has 84 valence electrons. The van der Waals surface area contributed by atoms with Crippen LogP contribution >= 0.6 is 12.4 Å². The Hall–Kier alpha value is -1.81. The number of aromatic nitrogens is 2. The van der Waals surface area contributed by atoms with Crippen LogP contribution in [0.15, 0.2) is 36.7 Å². The number of halogens is 1. The van der Waals surface area contributed by atoms with Gasteiger partial charge in [0.2, 0.25) is 0 Å².